The summed E-state index contributed by atoms with van der Waals surface area (Å²) in [6, 6.07) is 13.5. The maximum absolute atomic E-state index is 13.7. The van der Waals surface area contributed by atoms with Crippen LogP contribution in [0, 0.1) is 5.82 Å². The fraction of sp³-hybridized carbons (Fsp3) is 0.0625. The Morgan fingerprint density at radius 3 is 2.65 bits per heavy atom. The van der Waals surface area contributed by atoms with Crippen molar-refractivity contribution in [3.05, 3.63) is 54.3 Å². The number of carbonyl (C=O) groups is 1. The molecule has 2 aromatic carbocycles. The molecule has 0 amide bonds. The molecule has 0 unspecified atom stereocenters. The number of carboxylic acids is 1. The first-order valence-corrected chi connectivity index (χ1v) is 7.75. The fourth-order valence-corrected chi connectivity index (χ4v) is 2.77. The Hall–Kier alpha value is -2.67. The summed E-state index contributed by atoms with van der Waals surface area (Å²) in [5.74, 6) is -1.23. The molecule has 1 heterocycles. The SMILES string of the molecule is O=C(O)CSc1nc(Nc2ccccc2F)nc2ccccc12. The van der Waals surface area contributed by atoms with Crippen molar-refractivity contribution in [3.8, 4) is 0 Å². The normalized spacial score (nSPS) is 10.7. The second-order valence-corrected chi connectivity index (χ2v) is 5.62. The highest BCUT2D eigenvalue weighted by Gasteiger charge is 2.11. The predicted octanol–water partition coefficient (Wildman–Crippen LogP) is 3.69. The molecule has 2 N–H and O–H groups in total. The van der Waals surface area contributed by atoms with Crippen LogP contribution in [0.4, 0.5) is 16.0 Å². The number of carboxylic acid groups (broad SMARTS) is 1. The maximum atomic E-state index is 13.7. The first-order valence-electron chi connectivity index (χ1n) is 6.76. The van der Waals surface area contributed by atoms with Crippen LogP contribution in [0.3, 0.4) is 0 Å². The van der Waals surface area contributed by atoms with Crippen LogP contribution in [0.25, 0.3) is 10.9 Å². The molecular formula is C16H12FN3O2S. The second-order valence-electron chi connectivity index (χ2n) is 4.66. The van der Waals surface area contributed by atoms with Crippen molar-refractivity contribution in [2.24, 2.45) is 0 Å². The molecule has 0 spiro atoms. The molecule has 23 heavy (non-hydrogen) atoms. The third-order valence-corrected chi connectivity index (χ3v) is 4.00. The molecule has 0 atom stereocenters. The lowest BCUT2D eigenvalue weighted by Crippen LogP contribution is -2.03. The summed E-state index contributed by atoms with van der Waals surface area (Å²) < 4.78 is 13.7. The van der Waals surface area contributed by atoms with Gasteiger partial charge in [0.15, 0.2) is 0 Å². The Balaban J connectivity index is 2.00. The van der Waals surface area contributed by atoms with Crippen molar-refractivity contribution in [2.75, 3.05) is 11.1 Å². The standard InChI is InChI=1S/C16H12FN3O2S/c17-11-6-2-4-8-13(11)19-16-18-12-7-3-1-5-10(12)15(20-16)23-9-14(21)22/h1-8H,9H2,(H,21,22)(H,18,19,20). The van der Waals surface area contributed by atoms with Crippen LogP contribution >= 0.6 is 11.8 Å². The van der Waals surface area contributed by atoms with Gasteiger partial charge < -0.3 is 10.4 Å². The van der Waals surface area contributed by atoms with E-state index in [1.165, 1.54) is 6.07 Å². The van der Waals surface area contributed by atoms with Gasteiger partial charge in [0.1, 0.15) is 10.8 Å². The average Bonchev–Trinajstić information content (AvgIpc) is 2.54. The zero-order valence-electron chi connectivity index (χ0n) is 11.9. The van der Waals surface area contributed by atoms with Crippen molar-refractivity contribution in [3.63, 3.8) is 0 Å². The van der Waals surface area contributed by atoms with E-state index in [1.807, 2.05) is 18.2 Å². The minimum absolute atomic E-state index is 0.111. The molecule has 0 saturated carbocycles. The van der Waals surface area contributed by atoms with E-state index in [-0.39, 0.29) is 17.4 Å². The van der Waals surface area contributed by atoms with Gasteiger partial charge in [0.25, 0.3) is 0 Å². The van der Waals surface area contributed by atoms with Crippen LogP contribution in [-0.2, 0) is 4.79 Å². The summed E-state index contributed by atoms with van der Waals surface area (Å²) in [4.78, 5) is 19.5. The molecule has 1 aromatic heterocycles. The zero-order valence-corrected chi connectivity index (χ0v) is 12.7. The van der Waals surface area contributed by atoms with Crippen molar-refractivity contribution in [1.29, 1.82) is 0 Å². The van der Waals surface area contributed by atoms with Crippen molar-refractivity contribution >= 4 is 40.3 Å². The minimum Gasteiger partial charge on any atom is -0.481 e. The number of benzene rings is 2. The number of hydrogen-bond acceptors (Lipinski definition) is 5. The number of rotatable bonds is 5. The Labute approximate surface area is 135 Å². The maximum Gasteiger partial charge on any atom is 0.313 e. The Kier molecular flexibility index (Phi) is 4.38. The molecule has 116 valence electrons. The van der Waals surface area contributed by atoms with E-state index >= 15 is 0 Å². The molecule has 0 aliphatic rings. The number of thioether (sulfide) groups is 1. The molecule has 5 nitrogen and oxygen atoms in total. The Morgan fingerprint density at radius 2 is 1.87 bits per heavy atom. The molecule has 0 aliphatic carbocycles. The first-order chi connectivity index (χ1) is 11.1. The van der Waals surface area contributed by atoms with Crippen LogP contribution in [0.2, 0.25) is 0 Å². The van der Waals surface area contributed by atoms with Crippen LogP contribution in [-0.4, -0.2) is 26.8 Å². The highest BCUT2D eigenvalue weighted by atomic mass is 32.2. The second kappa shape index (κ2) is 6.62. The topological polar surface area (TPSA) is 75.1 Å². The van der Waals surface area contributed by atoms with Gasteiger partial charge in [-0.1, -0.05) is 42.1 Å². The molecule has 3 rings (SSSR count). The minimum atomic E-state index is -0.929. The summed E-state index contributed by atoms with van der Waals surface area (Å²) in [5, 5.41) is 13.0. The number of nitrogens with one attached hydrogen (secondary N) is 1. The zero-order chi connectivity index (χ0) is 16.2. The molecule has 0 saturated heterocycles. The summed E-state index contributed by atoms with van der Waals surface area (Å²) >= 11 is 1.10. The lowest BCUT2D eigenvalue weighted by Gasteiger charge is -2.09. The molecule has 0 bridgehead atoms. The van der Waals surface area contributed by atoms with Crippen molar-refractivity contribution < 1.29 is 14.3 Å². The summed E-state index contributed by atoms with van der Waals surface area (Å²) in [6.45, 7) is 0. The molecule has 7 heteroatoms. The van der Waals surface area contributed by atoms with Gasteiger partial charge >= 0.3 is 5.97 Å². The fourth-order valence-electron chi connectivity index (χ4n) is 2.03. The third-order valence-electron chi connectivity index (χ3n) is 3.02. The quantitative estimate of drug-likeness (QED) is 0.549. The number of para-hydroxylation sites is 2. The van der Waals surface area contributed by atoms with E-state index < -0.39 is 11.8 Å². The molecule has 0 radical (unpaired) electrons. The van der Waals surface area contributed by atoms with E-state index in [2.05, 4.69) is 15.3 Å². The van der Waals surface area contributed by atoms with E-state index in [9.17, 15) is 9.18 Å². The van der Waals surface area contributed by atoms with Gasteiger partial charge in [-0.05, 0) is 18.2 Å². The number of aromatic nitrogens is 2. The number of nitrogens with zero attached hydrogens (tertiary/aromatic N) is 2. The van der Waals surface area contributed by atoms with Gasteiger partial charge in [-0.15, -0.1) is 0 Å². The first kappa shape index (κ1) is 15.2. The summed E-state index contributed by atoms with van der Waals surface area (Å²) in [5.41, 5.74) is 0.922. The summed E-state index contributed by atoms with van der Waals surface area (Å²) in [7, 11) is 0. The molecule has 0 aliphatic heterocycles. The lowest BCUT2D eigenvalue weighted by atomic mass is 10.2. The van der Waals surface area contributed by atoms with E-state index in [4.69, 9.17) is 5.11 Å². The van der Waals surface area contributed by atoms with Crippen LogP contribution < -0.4 is 5.32 Å². The number of anilines is 2. The van der Waals surface area contributed by atoms with Gasteiger partial charge in [-0.2, -0.15) is 0 Å². The van der Waals surface area contributed by atoms with Crippen molar-refractivity contribution in [2.45, 2.75) is 5.03 Å². The predicted molar refractivity (Wildman–Crippen MR) is 87.6 cm³/mol. The molecule has 3 aromatic rings. The number of halogens is 1. The number of hydrogen-bond donors (Lipinski definition) is 2. The van der Waals surface area contributed by atoms with Crippen molar-refractivity contribution in [1.82, 2.24) is 9.97 Å². The lowest BCUT2D eigenvalue weighted by molar-refractivity contribution is -0.133. The Morgan fingerprint density at radius 1 is 1.13 bits per heavy atom. The Bertz CT molecular complexity index is 873. The van der Waals surface area contributed by atoms with Gasteiger partial charge in [-0.3, -0.25) is 4.79 Å². The number of fused-ring (bicyclic) bond motifs is 1. The smallest absolute Gasteiger partial charge is 0.313 e. The monoisotopic (exact) mass is 329 g/mol. The summed E-state index contributed by atoms with van der Waals surface area (Å²) in [6.07, 6.45) is 0. The van der Waals surface area contributed by atoms with Gasteiger partial charge in [0, 0.05) is 5.39 Å². The highest BCUT2D eigenvalue weighted by molar-refractivity contribution is 8.00. The van der Waals surface area contributed by atoms with Gasteiger partial charge in [0.2, 0.25) is 5.95 Å². The molecule has 0 fully saturated rings. The van der Waals surface area contributed by atoms with E-state index in [0.29, 0.717) is 10.5 Å². The third kappa shape index (κ3) is 3.57. The van der Waals surface area contributed by atoms with E-state index in [0.717, 1.165) is 17.1 Å². The largest absolute Gasteiger partial charge is 0.481 e. The van der Waals surface area contributed by atoms with Crippen LogP contribution in [0.1, 0.15) is 0 Å². The van der Waals surface area contributed by atoms with Gasteiger partial charge in [-0.25, -0.2) is 14.4 Å². The highest BCUT2D eigenvalue weighted by Crippen LogP contribution is 2.27. The van der Waals surface area contributed by atoms with Crippen LogP contribution in [0.15, 0.2) is 53.6 Å². The average molecular weight is 329 g/mol. The van der Waals surface area contributed by atoms with E-state index in [1.54, 1.807) is 24.3 Å². The van der Waals surface area contributed by atoms with Crippen LogP contribution in [0.5, 0.6) is 0 Å². The van der Waals surface area contributed by atoms with Gasteiger partial charge in [0.05, 0.1) is 17.0 Å². The molecular weight excluding hydrogens is 317 g/mol. The number of aliphatic carboxylic acids is 1.